The first-order chi connectivity index (χ1) is 27.4. The van der Waals surface area contributed by atoms with Crippen molar-refractivity contribution >= 4 is 23.6 Å². The van der Waals surface area contributed by atoms with Crippen LogP contribution in [0.4, 0.5) is 4.79 Å². The van der Waals surface area contributed by atoms with E-state index in [2.05, 4.69) is 15.3 Å². The van der Waals surface area contributed by atoms with E-state index in [1.807, 2.05) is 51.2 Å². The molecule has 0 saturated carbocycles. The molecule has 16 heteroatoms. The number of methoxy groups -OCH3 is 1. The van der Waals surface area contributed by atoms with Gasteiger partial charge in [0.2, 0.25) is 0 Å². The first kappa shape index (κ1) is 45.3. The lowest BCUT2D eigenvalue weighted by atomic mass is 9.73. The summed E-state index contributed by atoms with van der Waals surface area (Å²) >= 11 is 0. The van der Waals surface area contributed by atoms with Gasteiger partial charge in [0.25, 0.3) is 0 Å². The lowest BCUT2D eigenvalue weighted by Gasteiger charge is -2.47. The fourth-order valence-electron chi connectivity index (χ4n) is 9.32. The second-order valence-electron chi connectivity index (χ2n) is 17.2. The van der Waals surface area contributed by atoms with E-state index >= 15 is 0 Å². The van der Waals surface area contributed by atoms with E-state index in [9.17, 15) is 24.3 Å². The molecule has 3 aliphatic heterocycles. The van der Waals surface area contributed by atoms with Crippen LogP contribution in [0.25, 0.3) is 11.3 Å². The summed E-state index contributed by atoms with van der Waals surface area (Å²) in [6.45, 7) is 14.7. The van der Waals surface area contributed by atoms with Crippen LogP contribution < -0.4 is 0 Å². The van der Waals surface area contributed by atoms with E-state index < -0.39 is 83.4 Å². The Morgan fingerprint density at radius 2 is 1.72 bits per heavy atom. The number of hydrogen-bond acceptors (Lipinski definition) is 14. The van der Waals surface area contributed by atoms with Crippen LogP contribution in [0.3, 0.4) is 0 Å². The standard InChI is InChI=1S/C42H64N6O10/c1-12-32-42(8)36(48(40(53)58-42)19-14-13-18-47-23-30(44-45-47)29-16-15-17-43-22-29)26(4)33(49)24(2)21-41(7,54-11)37(27(5)34(50)28(6)38(52)56-32)57-39-35(51)31(46(9)10)20-25(3)55-39/h15-17,22-28,31-32,35-37,39,51H,12-14,18-21H2,1-11H3/t24-,25?,26+,27+,28-,31?,32-,35?,36-,37-,39?,41+,42-/m1/s1. The van der Waals surface area contributed by atoms with Crippen molar-refractivity contribution in [2.75, 3.05) is 27.7 Å². The molecule has 0 radical (unpaired) electrons. The van der Waals surface area contributed by atoms with Gasteiger partial charge >= 0.3 is 12.1 Å². The van der Waals surface area contributed by atoms with Gasteiger partial charge in [0, 0.05) is 62.0 Å². The molecule has 5 rings (SSSR count). The summed E-state index contributed by atoms with van der Waals surface area (Å²) < 4.78 is 32.9. The van der Waals surface area contributed by atoms with E-state index in [4.69, 9.17) is 23.7 Å². The molecule has 0 spiro atoms. The van der Waals surface area contributed by atoms with Crippen molar-refractivity contribution in [2.45, 2.75) is 148 Å². The van der Waals surface area contributed by atoms with E-state index in [1.54, 1.807) is 56.6 Å². The number of pyridine rings is 1. The Kier molecular flexibility index (Phi) is 14.5. The molecule has 3 fully saturated rings. The van der Waals surface area contributed by atoms with Crippen molar-refractivity contribution < 1.29 is 48.0 Å². The second kappa shape index (κ2) is 18.6. The largest absolute Gasteiger partial charge is 0.458 e. The average molecular weight is 813 g/mol. The van der Waals surface area contributed by atoms with Gasteiger partial charge in [0.1, 0.15) is 29.6 Å². The number of likely N-dealkylation sites (N-methyl/N-ethyl adjacent to an activating group) is 1. The van der Waals surface area contributed by atoms with Crippen molar-refractivity contribution in [2.24, 2.45) is 23.7 Å². The third-order valence-electron chi connectivity index (χ3n) is 12.7. The number of carbonyl (C=O) groups is 4. The molecule has 0 aliphatic carbocycles. The number of Topliss-reactive ketones (excluding diaryl/α,β-unsaturated/α-hetero) is 2. The lowest BCUT2D eigenvalue weighted by molar-refractivity contribution is -0.295. The Hall–Kier alpha value is -3.83. The van der Waals surface area contributed by atoms with Gasteiger partial charge in [0.15, 0.2) is 17.7 Å². The van der Waals surface area contributed by atoms with Crippen LogP contribution in [-0.2, 0) is 44.6 Å². The highest BCUT2D eigenvalue weighted by Crippen LogP contribution is 2.43. The fraction of sp³-hybridized carbons (Fsp3) is 0.738. The minimum absolute atomic E-state index is 0.123. The minimum Gasteiger partial charge on any atom is -0.458 e. The molecule has 2 aromatic heterocycles. The maximum absolute atomic E-state index is 14.7. The Morgan fingerprint density at radius 3 is 2.36 bits per heavy atom. The number of esters is 1. The molecule has 0 bridgehead atoms. The second-order valence-corrected chi connectivity index (χ2v) is 17.2. The molecule has 2 aromatic rings. The number of ether oxygens (including phenoxy) is 5. The quantitative estimate of drug-likeness (QED) is 0.192. The highest BCUT2D eigenvalue weighted by molar-refractivity contribution is 6.00. The van der Waals surface area contributed by atoms with E-state index in [-0.39, 0.29) is 37.3 Å². The molecule has 1 N–H and O–H groups in total. The van der Waals surface area contributed by atoms with Gasteiger partial charge in [-0.3, -0.25) is 24.0 Å². The van der Waals surface area contributed by atoms with E-state index in [0.29, 0.717) is 31.5 Å². The van der Waals surface area contributed by atoms with Crippen molar-refractivity contribution in [3.63, 3.8) is 0 Å². The van der Waals surface area contributed by atoms with E-state index in [1.165, 1.54) is 14.0 Å². The minimum atomic E-state index is -1.41. The van der Waals surface area contributed by atoms with Crippen molar-refractivity contribution in [1.82, 2.24) is 29.8 Å². The van der Waals surface area contributed by atoms with Gasteiger partial charge in [-0.1, -0.05) is 32.9 Å². The predicted molar refractivity (Wildman–Crippen MR) is 212 cm³/mol. The summed E-state index contributed by atoms with van der Waals surface area (Å²) in [5, 5.41) is 19.9. The zero-order chi connectivity index (χ0) is 42.7. The van der Waals surface area contributed by atoms with Gasteiger partial charge in [-0.15, -0.1) is 5.10 Å². The molecule has 3 saturated heterocycles. The molecule has 58 heavy (non-hydrogen) atoms. The normalized spacial score (nSPS) is 36.7. The summed E-state index contributed by atoms with van der Waals surface area (Å²) in [6.07, 6.45) is 2.35. The zero-order valence-corrected chi connectivity index (χ0v) is 36.0. The van der Waals surface area contributed by atoms with Gasteiger partial charge in [-0.05, 0) is 86.0 Å². The van der Waals surface area contributed by atoms with Crippen molar-refractivity contribution in [3.05, 3.63) is 30.7 Å². The Balaban J connectivity index is 1.43. The van der Waals surface area contributed by atoms with Gasteiger partial charge in [-0.2, -0.15) is 0 Å². The maximum Gasteiger partial charge on any atom is 0.410 e. The number of aliphatic hydroxyl groups is 1. The number of ketones is 2. The molecule has 0 aromatic carbocycles. The number of aromatic nitrogens is 4. The van der Waals surface area contributed by atoms with Crippen molar-refractivity contribution in [3.8, 4) is 11.3 Å². The Morgan fingerprint density at radius 1 is 1.02 bits per heavy atom. The Labute approximate surface area is 342 Å². The van der Waals surface area contributed by atoms with Crippen LogP contribution in [0.2, 0.25) is 0 Å². The molecular formula is C42H64N6O10. The molecule has 13 atom stereocenters. The number of carbonyl (C=O) groups excluding carboxylic acids is 4. The molecule has 4 unspecified atom stereocenters. The number of amides is 1. The first-order valence-electron chi connectivity index (χ1n) is 20.6. The molecule has 322 valence electrons. The SMILES string of the molecule is CC[C@H]1OC(=O)[C@H](C)C(=O)[C@H](C)[C@@H](OC2OC(C)CC(N(C)C)C2O)[C@@](C)(OC)C[C@@H](C)C(=O)[C@H](C)[C@H]2N(CCCCn3cc(-c4cccnc4)nn3)C(=O)O[C@]12C. The summed E-state index contributed by atoms with van der Waals surface area (Å²) in [5.41, 5.74) is -1.13. The molecular weight excluding hydrogens is 748 g/mol. The number of fused-ring (bicyclic) bond motifs is 1. The van der Waals surface area contributed by atoms with Crippen LogP contribution in [0.5, 0.6) is 0 Å². The molecule has 5 heterocycles. The number of nitrogens with zero attached hydrogens (tertiary/aromatic N) is 6. The maximum atomic E-state index is 14.7. The highest BCUT2D eigenvalue weighted by Gasteiger charge is 2.60. The van der Waals surface area contributed by atoms with E-state index in [0.717, 1.165) is 5.56 Å². The summed E-state index contributed by atoms with van der Waals surface area (Å²) in [6, 6.07) is 2.66. The number of rotatable bonds is 11. The number of hydrogen-bond donors (Lipinski definition) is 1. The Bertz CT molecular complexity index is 1740. The number of unbranched alkanes of at least 4 members (excludes halogenated alkanes) is 1. The number of cyclic esters (lactones) is 1. The highest BCUT2D eigenvalue weighted by atomic mass is 16.7. The predicted octanol–water partition coefficient (Wildman–Crippen LogP) is 4.32. The van der Waals surface area contributed by atoms with Crippen molar-refractivity contribution in [1.29, 1.82) is 0 Å². The third-order valence-corrected chi connectivity index (χ3v) is 12.7. The van der Waals surface area contributed by atoms with Crippen LogP contribution in [0.15, 0.2) is 30.7 Å². The van der Waals surface area contributed by atoms with Crippen LogP contribution in [-0.4, -0.2) is 140 Å². The van der Waals surface area contributed by atoms with Gasteiger partial charge < -0.3 is 38.6 Å². The average Bonchev–Trinajstić information content (AvgIpc) is 3.78. The van der Waals surface area contributed by atoms with Crippen LogP contribution in [0.1, 0.15) is 87.5 Å². The monoisotopic (exact) mass is 812 g/mol. The summed E-state index contributed by atoms with van der Waals surface area (Å²) in [5.74, 6) is -5.00. The summed E-state index contributed by atoms with van der Waals surface area (Å²) in [7, 11) is 5.23. The third kappa shape index (κ3) is 9.30. The topological polar surface area (TPSA) is 185 Å². The number of aliphatic hydroxyl groups excluding tert-OH is 1. The summed E-state index contributed by atoms with van der Waals surface area (Å²) in [4.78, 5) is 64.4. The smallest absolute Gasteiger partial charge is 0.410 e. The number of aryl methyl sites for hydroxylation is 1. The fourth-order valence-corrected chi connectivity index (χ4v) is 9.32. The molecule has 1 amide bonds. The molecule has 3 aliphatic rings. The first-order valence-corrected chi connectivity index (χ1v) is 20.6. The van der Waals surface area contributed by atoms with Gasteiger partial charge in [0.05, 0.1) is 30.0 Å². The molecule has 16 nitrogen and oxygen atoms in total. The van der Waals surface area contributed by atoms with Crippen LogP contribution in [0, 0.1) is 23.7 Å². The van der Waals surface area contributed by atoms with Crippen LogP contribution >= 0.6 is 0 Å². The lowest BCUT2D eigenvalue weighted by Crippen LogP contribution is -2.60. The zero-order valence-electron chi connectivity index (χ0n) is 36.0. The van der Waals surface area contributed by atoms with Gasteiger partial charge in [-0.25, -0.2) is 4.79 Å².